The van der Waals surface area contributed by atoms with Gasteiger partial charge in [-0.15, -0.1) is 0 Å². The number of nitrogens with zero attached hydrogens (tertiary/aromatic N) is 2. The number of likely N-dealkylation sites (tertiary alicyclic amines) is 2. The van der Waals surface area contributed by atoms with E-state index in [1.54, 1.807) is 0 Å². The van der Waals surface area contributed by atoms with E-state index in [4.69, 9.17) is 5.73 Å². The first-order valence-electron chi connectivity index (χ1n) is 8.15. The zero-order chi connectivity index (χ0) is 15.2. The average Bonchev–Trinajstić information content (AvgIpc) is 3.00. The molecule has 6 heteroatoms. The third-order valence-electron chi connectivity index (χ3n) is 4.34. The zero-order valence-electron chi connectivity index (χ0n) is 13.0. The highest BCUT2D eigenvalue weighted by Crippen LogP contribution is 2.19. The second kappa shape index (κ2) is 7.64. The Morgan fingerprint density at radius 2 is 1.86 bits per heavy atom. The highest BCUT2D eigenvalue weighted by atomic mass is 16.2. The molecule has 0 aromatic carbocycles. The summed E-state index contributed by atoms with van der Waals surface area (Å²) in [6.45, 7) is 5.61. The first-order valence-corrected chi connectivity index (χ1v) is 8.15. The van der Waals surface area contributed by atoms with Gasteiger partial charge in [0.2, 0.25) is 5.91 Å². The summed E-state index contributed by atoms with van der Waals surface area (Å²) in [5, 5.41) is 2.94. The van der Waals surface area contributed by atoms with E-state index >= 15 is 0 Å². The molecule has 0 radical (unpaired) electrons. The minimum absolute atomic E-state index is 0.0644. The summed E-state index contributed by atoms with van der Waals surface area (Å²) >= 11 is 0. The Hall–Kier alpha value is -1.30. The van der Waals surface area contributed by atoms with E-state index < -0.39 is 0 Å². The zero-order valence-corrected chi connectivity index (χ0v) is 13.0. The molecule has 3 N–H and O–H groups in total. The molecule has 2 atom stereocenters. The number of nitrogens with one attached hydrogen (secondary N) is 1. The van der Waals surface area contributed by atoms with Gasteiger partial charge in [0, 0.05) is 38.8 Å². The van der Waals surface area contributed by atoms with Crippen LogP contribution in [0.1, 0.15) is 39.0 Å². The van der Waals surface area contributed by atoms with Gasteiger partial charge in [0.15, 0.2) is 0 Å². The van der Waals surface area contributed by atoms with Crippen molar-refractivity contribution in [3.05, 3.63) is 0 Å². The molecule has 0 saturated carbocycles. The third kappa shape index (κ3) is 4.59. The Labute approximate surface area is 127 Å². The lowest BCUT2D eigenvalue weighted by atomic mass is 9.97. The van der Waals surface area contributed by atoms with Crippen molar-refractivity contribution < 1.29 is 9.59 Å². The molecule has 2 aliphatic rings. The fraction of sp³-hybridized carbons (Fsp3) is 0.867. The smallest absolute Gasteiger partial charge is 0.320 e. The van der Waals surface area contributed by atoms with Crippen LogP contribution in [0.5, 0.6) is 0 Å². The third-order valence-corrected chi connectivity index (χ3v) is 4.34. The Balaban J connectivity index is 1.79. The lowest BCUT2D eigenvalue weighted by molar-refractivity contribution is -0.126. The molecular formula is C15H28N4O2. The molecule has 2 aliphatic heterocycles. The largest absolute Gasteiger partial charge is 0.356 e. The molecule has 2 fully saturated rings. The van der Waals surface area contributed by atoms with Crippen LogP contribution in [0.2, 0.25) is 0 Å². The topological polar surface area (TPSA) is 78.7 Å². The van der Waals surface area contributed by atoms with Gasteiger partial charge in [-0.05, 0) is 39.0 Å². The summed E-state index contributed by atoms with van der Waals surface area (Å²) in [7, 11) is 0. The molecule has 2 heterocycles. The van der Waals surface area contributed by atoms with Crippen LogP contribution in [-0.2, 0) is 4.79 Å². The summed E-state index contributed by atoms with van der Waals surface area (Å²) in [4.78, 5) is 28.3. The van der Waals surface area contributed by atoms with Crippen LogP contribution in [0.4, 0.5) is 4.79 Å². The molecule has 120 valence electrons. The lowest BCUT2D eigenvalue weighted by Gasteiger charge is -2.34. The van der Waals surface area contributed by atoms with Gasteiger partial charge < -0.3 is 20.9 Å². The SMILES string of the molecule is CC(N)CCNC(=O)C1CCCN(C(=O)N2CCCC2)C1. The van der Waals surface area contributed by atoms with Crippen molar-refractivity contribution in [3.8, 4) is 0 Å². The molecule has 0 bridgehead atoms. The molecule has 0 spiro atoms. The Morgan fingerprint density at radius 1 is 1.19 bits per heavy atom. The van der Waals surface area contributed by atoms with Crippen LogP contribution in [0.3, 0.4) is 0 Å². The molecule has 2 rings (SSSR count). The highest BCUT2D eigenvalue weighted by Gasteiger charge is 2.31. The standard InChI is InChI=1S/C15H28N4O2/c1-12(16)6-7-17-14(20)13-5-4-10-19(11-13)15(21)18-8-2-3-9-18/h12-13H,2-11,16H2,1H3,(H,17,20). The molecule has 21 heavy (non-hydrogen) atoms. The maximum absolute atomic E-state index is 12.4. The number of nitrogens with two attached hydrogens (primary N) is 1. The van der Waals surface area contributed by atoms with E-state index in [1.165, 1.54) is 0 Å². The van der Waals surface area contributed by atoms with Gasteiger partial charge in [0.05, 0.1) is 5.92 Å². The van der Waals surface area contributed by atoms with Gasteiger partial charge in [0.25, 0.3) is 0 Å². The van der Waals surface area contributed by atoms with Crippen molar-refractivity contribution in [2.24, 2.45) is 11.7 Å². The van der Waals surface area contributed by atoms with Crippen LogP contribution in [0, 0.1) is 5.92 Å². The number of hydrogen-bond acceptors (Lipinski definition) is 3. The van der Waals surface area contributed by atoms with Crippen molar-refractivity contribution in [1.29, 1.82) is 0 Å². The quantitative estimate of drug-likeness (QED) is 0.804. The van der Waals surface area contributed by atoms with Crippen molar-refractivity contribution in [1.82, 2.24) is 15.1 Å². The van der Waals surface area contributed by atoms with Crippen LogP contribution in [-0.4, -0.2) is 60.5 Å². The number of rotatable bonds is 4. The number of hydrogen-bond donors (Lipinski definition) is 2. The number of amides is 3. The second-order valence-electron chi connectivity index (χ2n) is 6.32. The Morgan fingerprint density at radius 3 is 2.52 bits per heavy atom. The normalized spacial score (nSPS) is 24.0. The molecule has 2 saturated heterocycles. The second-order valence-corrected chi connectivity index (χ2v) is 6.32. The van der Waals surface area contributed by atoms with E-state index in [-0.39, 0.29) is 23.9 Å². The fourth-order valence-electron chi connectivity index (χ4n) is 3.04. The first kappa shape index (κ1) is 16.1. The fourth-order valence-corrected chi connectivity index (χ4v) is 3.04. The minimum atomic E-state index is -0.0709. The molecular weight excluding hydrogens is 268 g/mol. The molecule has 2 unspecified atom stereocenters. The monoisotopic (exact) mass is 296 g/mol. The summed E-state index contributed by atoms with van der Waals surface area (Å²) in [5.74, 6) is -0.00652. The number of carbonyl (C=O) groups excluding carboxylic acids is 2. The summed E-state index contributed by atoms with van der Waals surface area (Å²) in [6.07, 6.45) is 4.76. The van der Waals surface area contributed by atoms with Crippen molar-refractivity contribution in [3.63, 3.8) is 0 Å². The van der Waals surface area contributed by atoms with Crippen molar-refractivity contribution in [2.45, 2.75) is 45.1 Å². The Kier molecular flexibility index (Phi) is 5.85. The van der Waals surface area contributed by atoms with Gasteiger partial charge in [-0.25, -0.2) is 4.79 Å². The minimum Gasteiger partial charge on any atom is -0.356 e. The van der Waals surface area contributed by atoms with Gasteiger partial charge >= 0.3 is 6.03 Å². The highest BCUT2D eigenvalue weighted by molar-refractivity contribution is 5.81. The Bertz CT molecular complexity index is 367. The van der Waals surface area contributed by atoms with Gasteiger partial charge in [-0.3, -0.25) is 4.79 Å². The molecule has 0 aliphatic carbocycles. The predicted octanol–water partition coefficient (Wildman–Crippen LogP) is 0.768. The van der Waals surface area contributed by atoms with E-state index in [2.05, 4.69) is 5.32 Å². The van der Waals surface area contributed by atoms with Crippen LogP contribution in [0.15, 0.2) is 0 Å². The van der Waals surface area contributed by atoms with E-state index in [9.17, 15) is 9.59 Å². The number of urea groups is 1. The van der Waals surface area contributed by atoms with Gasteiger partial charge in [-0.1, -0.05) is 0 Å². The van der Waals surface area contributed by atoms with Crippen LogP contribution in [0.25, 0.3) is 0 Å². The molecule has 3 amide bonds. The van der Waals surface area contributed by atoms with Gasteiger partial charge in [0.1, 0.15) is 0 Å². The lowest BCUT2D eigenvalue weighted by Crippen LogP contribution is -2.49. The van der Waals surface area contributed by atoms with Crippen molar-refractivity contribution in [2.75, 3.05) is 32.7 Å². The van der Waals surface area contributed by atoms with E-state index in [1.807, 2.05) is 16.7 Å². The maximum Gasteiger partial charge on any atom is 0.320 e. The van der Waals surface area contributed by atoms with Crippen LogP contribution < -0.4 is 11.1 Å². The van der Waals surface area contributed by atoms with E-state index in [0.717, 1.165) is 51.7 Å². The number of piperidine rings is 1. The average molecular weight is 296 g/mol. The summed E-state index contributed by atoms with van der Waals surface area (Å²) < 4.78 is 0. The number of carbonyl (C=O) groups is 2. The maximum atomic E-state index is 12.4. The molecule has 0 aromatic heterocycles. The predicted molar refractivity (Wildman–Crippen MR) is 81.8 cm³/mol. The molecule has 6 nitrogen and oxygen atoms in total. The van der Waals surface area contributed by atoms with Crippen molar-refractivity contribution >= 4 is 11.9 Å². The molecule has 0 aromatic rings. The first-order chi connectivity index (χ1) is 10.1. The van der Waals surface area contributed by atoms with E-state index in [0.29, 0.717) is 13.1 Å². The summed E-state index contributed by atoms with van der Waals surface area (Å²) in [5.41, 5.74) is 5.68. The summed E-state index contributed by atoms with van der Waals surface area (Å²) in [6, 6.07) is 0.213. The van der Waals surface area contributed by atoms with Crippen LogP contribution >= 0.6 is 0 Å². The van der Waals surface area contributed by atoms with Gasteiger partial charge in [-0.2, -0.15) is 0 Å².